The van der Waals surface area contributed by atoms with Crippen molar-refractivity contribution in [1.82, 2.24) is 25.2 Å². The first-order valence-electron chi connectivity index (χ1n) is 10.0. The summed E-state index contributed by atoms with van der Waals surface area (Å²) in [6.45, 7) is 8.03. The van der Waals surface area contributed by atoms with Gasteiger partial charge in [-0.2, -0.15) is 5.10 Å². The summed E-state index contributed by atoms with van der Waals surface area (Å²) in [7, 11) is 1.84. The smallest absolute Gasteiger partial charge is 0.259 e. The van der Waals surface area contributed by atoms with Crippen molar-refractivity contribution >= 4 is 17.0 Å². The summed E-state index contributed by atoms with van der Waals surface area (Å²) in [5, 5.41) is 12.1. The highest BCUT2D eigenvalue weighted by Crippen LogP contribution is 2.28. The number of aromatic nitrogens is 4. The predicted molar refractivity (Wildman–Crippen MR) is 115 cm³/mol. The number of pyridine rings is 1. The molecule has 1 amide bonds. The van der Waals surface area contributed by atoms with Gasteiger partial charge in [-0.1, -0.05) is 35.8 Å². The van der Waals surface area contributed by atoms with Gasteiger partial charge < -0.3 is 9.84 Å². The average molecular weight is 403 g/mol. The molecular weight excluding hydrogens is 378 g/mol. The van der Waals surface area contributed by atoms with Crippen molar-refractivity contribution in [2.75, 3.05) is 0 Å². The quantitative estimate of drug-likeness (QED) is 0.533. The molecular formula is C23H25N5O2. The minimum absolute atomic E-state index is 0.0941. The molecule has 0 fully saturated rings. The highest BCUT2D eigenvalue weighted by molar-refractivity contribution is 6.07. The summed E-state index contributed by atoms with van der Waals surface area (Å²) in [6, 6.07) is 8.00. The number of amides is 1. The van der Waals surface area contributed by atoms with Gasteiger partial charge in [-0.25, -0.2) is 4.98 Å². The van der Waals surface area contributed by atoms with Gasteiger partial charge in [0.05, 0.1) is 34.6 Å². The molecule has 3 heterocycles. The van der Waals surface area contributed by atoms with Gasteiger partial charge in [0.25, 0.3) is 11.6 Å². The number of benzene rings is 1. The Bertz CT molecular complexity index is 1240. The maximum Gasteiger partial charge on any atom is 0.259 e. The lowest BCUT2D eigenvalue weighted by atomic mass is 9.97. The lowest BCUT2D eigenvalue weighted by Gasteiger charge is -2.20. The van der Waals surface area contributed by atoms with Crippen LogP contribution in [0.15, 0.2) is 41.2 Å². The highest BCUT2D eigenvalue weighted by atomic mass is 16.5. The van der Waals surface area contributed by atoms with Gasteiger partial charge in [0.15, 0.2) is 0 Å². The first kappa shape index (κ1) is 19.8. The number of hydrogen-bond donors (Lipinski definition) is 1. The third-order valence-corrected chi connectivity index (χ3v) is 5.38. The standard InChI is InChI=1S/C23H25N5O2/c1-6-19(17-8-7-13(2)9-14(17)3)25-22(29)18-10-20(16-11-24-28(5)12-16)26-23-21(18)15(4)27-30-23/h7-12,19H,6H2,1-5H3,(H,25,29). The summed E-state index contributed by atoms with van der Waals surface area (Å²) in [6.07, 6.45) is 4.34. The number of carbonyl (C=O) groups is 1. The third kappa shape index (κ3) is 3.58. The van der Waals surface area contributed by atoms with E-state index in [1.54, 1.807) is 16.9 Å². The van der Waals surface area contributed by atoms with Crippen LogP contribution in [-0.4, -0.2) is 25.8 Å². The fourth-order valence-corrected chi connectivity index (χ4v) is 3.83. The normalized spacial score (nSPS) is 12.3. The number of nitrogens with zero attached hydrogens (tertiary/aromatic N) is 4. The van der Waals surface area contributed by atoms with E-state index in [1.807, 2.05) is 20.2 Å². The number of rotatable bonds is 5. The topological polar surface area (TPSA) is 85.8 Å². The first-order valence-corrected chi connectivity index (χ1v) is 10.0. The van der Waals surface area contributed by atoms with E-state index in [2.05, 4.69) is 59.5 Å². The molecule has 0 radical (unpaired) electrons. The molecule has 1 aromatic carbocycles. The van der Waals surface area contributed by atoms with Crippen LogP contribution in [0.25, 0.3) is 22.4 Å². The summed E-state index contributed by atoms with van der Waals surface area (Å²) in [4.78, 5) is 17.9. The van der Waals surface area contributed by atoms with E-state index in [9.17, 15) is 4.79 Å². The monoisotopic (exact) mass is 403 g/mol. The van der Waals surface area contributed by atoms with Gasteiger partial charge in [-0.3, -0.25) is 9.48 Å². The molecule has 3 aromatic heterocycles. The lowest BCUT2D eigenvalue weighted by Crippen LogP contribution is -2.29. The van der Waals surface area contributed by atoms with E-state index in [1.165, 1.54) is 11.1 Å². The van der Waals surface area contributed by atoms with Crippen molar-refractivity contribution in [3.63, 3.8) is 0 Å². The SMILES string of the molecule is CCC(NC(=O)c1cc(-c2cnn(C)c2)nc2onc(C)c12)c1ccc(C)cc1C. The lowest BCUT2D eigenvalue weighted by molar-refractivity contribution is 0.0937. The Balaban J connectivity index is 1.75. The van der Waals surface area contributed by atoms with E-state index >= 15 is 0 Å². The molecule has 154 valence electrons. The Labute approximate surface area is 175 Å². The maximum absolute atomic E-state index is 13.4. The van der Waals surface area contributed by atoms with Crippen LogP contribution >= 0.6 is 0 Å². The van der Waals surface area contributed by atoms with Crippen LogP contribution in [-0.2, 0) is 7.05 Å². The van der Waals surface area contributed by atoms with E-state index < -0.39 is 0 Å². The fraction of sp³-hybridized carbons (Fsp3) is 0.304. The molecule has 1 N–H and O–H groups in total. The van der Waals surface area contributed by atoms with Gasteiger partial charge in [0.1, 0.15) is 0 Å². The Hall–Kier alpha value is -3.48. The second kappa shape index (κ2) is 7.74. The van der Waals surface area contributed by atoms with E-state index in [0.717, 1.165) is 17.5 Å². The second-order valence-corrected chi connectivity index (χ2v) is 7.70. The van der Waals surface area contributed by atoms with Crippen LogP contribution in [0.1, 0.15) is 52.1 Å². The van der Waals surface area contributed by atoms with Crippen molar-refractivity contribution in [3.05, 3.63) is 64.6 Å². The average Bonchev–Trinajstić information content (AvgIpc) is 3.31. The van der Waals surface area contributed by atoms with Crippen molar-refractivity contribution in [2.45, 2.75) is 40.2 Å². The zero-order valence-electron chi connectivity index (χ0n) is 17.9. The van der Waals surface area contributed by atoms with Crippen LogP contribution in [0.2, 0.25) is 0 Å². The molecule has 1 atom stereocenters. The molecule has 7 nitrogen and oxygen atoms in total. The number of carbonyl (C=O) groups excluding carboxylic acids is 1. The molecule has 4 aromatic rings. The molecule has 0 aliphatic carbocycles. The summed E-state index contributed by atoms with van der Waals surface area (Å²) in [5.41, 5.74) is 6.41. The second-order valence-electron chi connectivity index (χ2n) is 7.70. The number of fused-ring (bicyclic) bond motifs is 1. The molecule has 4 rings (SSSR count). The van der Waals surface area contributed by atoms with Crippen LogP contribution < -0.4 is 5.32 Å². The molecule has 0 bridgehead atoms. The third-order valence-electron chi connectivity index (χ3n) is 5.38. The van der Waals surface area contributed by atoms with Gasteiger partial charge in [0, 0.05) is 18.8 Å². The molecule has 7 heteroatoms. The summed E-state index contributed by atoms with van der Waals surface area (Å²) < 4.78 is 7.08. The van der Waals surface area contributed by atoms with Gasteiger partial charge in [-0.15, -0.1) is 0 Å². The summed E-state index contributed by atoms with van der Waals surface area (Å²) >= 11 is 0. The van der Waals surface area contributed by atoms with E-state index in [-0.39, 0.29) is 11.9 Å². The highest BCUT2D eigenvalue weighted by Gasteiger charge is 2.22. The summed E-state index contributed by atoms with van der Waals surface area (Å²) in [5.74, 6) is -0.175. The number of nitrogens with one attached hydrogen (secondary N) is 1. The molecule has 30 heavy (non-hydrogen) atoms. The number of aryl methyl sites for hydroxylation is 4. The van der Waals surface area contributed by atoms with Gasteiger partial charge in [0.2, 0.25) is 0 Å². The largest absolute Gasteiger partial charge is 0.345 e. The zero-order chi connectivity index (χ0) is 21.4. The van der Waals surface area contributed by atoms with Crippen LogP contribution in [0.5, 0.6) is 0 Å². The number of hydrogen-bond acceptors (Lipinski definition) is 5. The first-order chi connectivity index (χ1) is 14.4. The van der Waals surface area contributed by atoms with Gasteiger partial charge >= 0.3 is 0 Å². The van der Waals surface area contributed by atoms with Crippen molar-refractivity contribution in [2.24, 2.45) is 7.05 Å². The maximum atomic E-state index is 13.4. The molecule has 0 aliphatic rings. The zero-order valence-corrected chi connectivity index (χ0v) is 17.9. The molecule has 1 unspecified atom stereocenters. The van der Waals surface area contributed by atoms with Crippen LogP contribution in [0, 0.1) is 20.8 Å². The Morgan fingerprint density at radius 2 is 2.03 bits per heavy atom. The van der Waals surface area contributed by atoms with Crippen molar-refractivity contribution in [3.8, 4) is 11.3 Å². The Morgan fingerprint density at radius 3 is 2.70 bits per heavy atom. The molecule has 0 aliphatic heterocycles. The molecule has 0 saturated carbocycles. The van der Waals surface area contributed by atoms with Crippen LogP contribution in [0.3, 0.4) is 0 Å². The van der Waals surface area contributed by atoms with E-state index in [0.29, 0.717) is 28.1 Å². The van der Waals surface area contributed by atoms with E-state index in [4.69, 9.17) is 4.52 Å². The fourth-order valence-electron chi connectivity index (χ4n) is 3.83. The minimum Gasteiger partial charge on any atom is -0.345 e. The van der Waals surface area contributed by atoms with Crippen molar-refractivity contribution < 1.29 is 9.32 Å². The van der Waals surface area contributed by atoms with Crippen molar-refractivity contribution in [1.29, 1.82) is 0 Å². The van der Waals surface area contributed by atoms with Crippen LogP contribution in [0.4, 0.5) is 0 Å². The minimum atomic E-state index is -0.175. The Kier molecular flexibility index (Phi) is 5.11. The predicted octanol–water partition coefficient (Wildman–Crippen LogP) is 4.43. The molecule has 0 spiro atoms. The Morgan fingerprint density at radius 1 is 1.23 bits per heavy atom. The molecule has 0 saturated heterocycles. The van der Waals surface area contributed by atoms with Gasteiger partial charge in [-0.05, 0) is 44.4 Å².